The Morgan fingerprint density at radius 1 is 1.13 bits per heavy atom. The average Bonchev–Trinajstić information content (AvgIpc) is 3.29. The zero-order valence-corrected chi connectivity index (χ0v) is 17.4. The van der Waals surface area contributed by atoms with Gasteiger partial charge in [-0.15, -0.1) is 0 Å². The summed E-state index contributed by atoms with van der Waals surface area (Å²) in [4.78, 5) is 24.9. The van der Waals surface area contributed by atoms with Gasteiger partial charge in [-0.25, -0.2) is 4.98 Å². The van der Waals surface area contributed by atoms with E-state index in [1.165, 1.54) is 0 Å². The maximum Gasteiger partial charge on any atom is 0.261 e. The Morgan fingerprint density at radius 2 is 2.00 bits per heavy atom. The fraction of sp³-hybridized carbons (Fsp3) is 0.292. The molecule has 1 aliphatic rings. The third kappa shape index (κ3) is 3.31. The molecule has 2 aromatic heterocycles. The van der Waals surface area contributed by atoms with Crippen molar-refractivity contribution >= 4 is 27.5 Å². The second-order valence-corrected chi connectivity index (χ2v) is 7.73. The van der Waals surface area contributed by atoms with E-state index in [1.807, 2.05) is 48.7 Å². The van der Waals surface area contributed by atoms with E-state index in [4.69, 9.17) is 9.72 Å². The van der Waals surface area contributed by atoms with Crippen molar-refractivity contribution in [3.8, 4) is 5.75 Å². The molecule has 1 fully saturated rings. The van der Waals surface area contributed by atoms with Crippen LogP contribution in [0.5, 0.6) is 5.75 Å². The van der Waals surface area contributed by atoms with Crippen LogP contribution in [-0.4, -0.2) is 39.9 Å². The number of aliphatic hydroxyl groups excluding tert-OH is 1. The van der Waals surface area contributed by atoms with Gasteiger partial charge in [0.25, 0.3) is 5.56 Å². The first-order valence-corrected chi connectivity index (χ1v) is 10.5. The van der Waals surface area contributed by atoms with Gasteiger partial charge in [0.15, 0.2) is 0 Å². The fourth-order valence-electron chi connectivity index (χ4n) is 4.57. The van der Waals surface area contributed by atoms with Crippen molar-refractivity contribution < 1.29 is 9.84 Å². The van der Waals surface area contributed by atoms with Gasteiger partial charge in [-0.05, 0) is 49.2 Å². The number of ether oxygens (including phenoxy) is 1. The number of hydrogen-bond acceptors (Lipinski definition) is 6. The van der Waals surface area contributed by atoms with Gasteiger partial charge in [0.1, 0.15) is 11.6 Å². The summed E-state index contributed by atoms with van der Waals surface area (Å²) in [6, 6.07) is 15.2. The first-order valence-electron chi connectivity index (χ1n) is 10.5. The molecule has 7 heteroatoms. The molecular weight excluding hydrogens is 392 g/mol. The summed E-state index contributed by atoms with van der Waals surface area (Å²) in [7, 11) is 1.66. The number of anilines is 1. The first kappa shape index (κ1) is 19.5. The predicted octanol–water partition coefficient (Wildman–Crippen LogP) is 3.29. The van der Waals surface area contributed by atoms with E-state index in [0.717, 1.165) is 41.7 Å². The molecule has 0 amide bonds. The third-order valence-corrected chi connectivity index (χ3v) is 6.00. The lowest BCUT2D eigenvalue weighted by atomic mass is 10.1. The van der Waals surface area contributed by atoms with E-state index in [9.17, 15) is 9.90 Å². The number of para-hydroxylation sites is 1. The molecule has 3 heterocycles. The number of rotatable bonds is 5. The van der Waals surface area contributed by atoms with Crippen LogP contribution in [0.25, 0.3) is 21.8 Å². The summed E-state index contributed by atoms with van der Waals surface area (Å²) >= 11 is 0. The highest BCUT2D eigenvalue weighted by Crippen LogP contribution is 2.39. The molecule has 7 nitrogen and oxygen atoms in total. The molecule has 0 radical (unpaired) electrons. The van der Waals surface area contributed by atoms with E-state index in [-0.39, 0.29) is 24.8 Å². The molecule has 31 heavy (non-hydrogen) atoms. The number of aliphatic hydroxyl groups is 1. The number of aromatic nitrogens is 3. The molecule has 4 aromatic rings. The van der Waals surface area contributed by atoms with Crippen LogP contribution in [-0.2, 0) is 6.54 Å². The number of benzene rings is 2. The number of pyridine rings is 1. The van der Waals surface area contributed by atoms with E-state index in [0.29, 0.717) is 16.7 Å². The summed E-state index contributed by atoms with van der Waals surface area (Å²) in [5, 5.41) is 11.2. The van der Waals surface area contributed by atoms with Crippen LogP contribution < -0.4 is 15.2 Å². The molecule has 0 bridgehead atoms. The number of fused-ring (bicyclic) bond motifs is 2. The molecule has 0 aliphatic carbocycles. The van der Waals surface area contributed by atoms with Gasteiger partial charge in [-0.1, -0.05) is 12.1 Å². The van der Waals surface area contributed by atoms with E-state index in [2.05, 4.69) is 9.88 Å². The summed E-state index contributed by atoms with van der Waals surface area (Å²) < 4.78 is 7.07. The summed E-state index contributed by atoms with van der Waals surface area (Å²) in [5.74, 6) is 1.47. The first-order chi connectivity index (χ1) is 15.2. The summed E-state index contributed by atoms with van der Waals surface area (Å²) in [5.41, 5.74) is 2.51. The van der Waals surface area contributed by atoms with Crippen molar-refractivity contribution in [2.24, 2.45) is 0 Å². The zero-order valence-electron chi connectivity index (χ0n) is 17.4. The Morgan fingerprint density at radius 3 is 2.84 bits per heavy atom. The Hall–Kier alpha value is -3.45. The lowest BCUT2D eigenvalue weighted by molar-refractivity contribution is 0.270. The lowest BCUT2D eigenvalue weighted by Gasteiger charge is -2.29. The molecule has 1 aliphatic heterocycles. The van der Waals surface area contributed by atoms with Crippen molar-refractivity contribution in [1.82, 2.24) is 14.5 Å². The van der Waals surface area contributed by atoms with Gasteiger partial charge < -0.3 is 14.7 Å². The Labute approximate surface area is 179 Å². The third-order valence-electron chi connectivity index (χ3n) is 6.00. The van der Waals surface area contributed by atoms with Crippen molar-refractivity contribution in [2.75, 3.05) is 25.2 Å². The Bertz CT molecular complexity index is 1320. The van der Waals surface area contributed by atoms with Crippen LogP contribution in [0.4, 0.5) is 5.69 Å². The summed E-state index contributed by atoms with van der Waals surface area (Å²) in [6.45, 7) is 0.957. The quantitative estimate of drug-likeness (QED) is 0.538. The van der Waals surface area contributed by atoms with Crippen LogP contribution in [0.15, 0.2) is 59.5 Å². The highest BCUT2D eigenvalue weighted by atomic mass is 16.5. The second kappa shape index (κ2) is 8.00. The van der Waals surface area contributed by atoms with Crippen LogP contribution in [0.3, 0.4) is 0 Å². The number of hydrogen-bond donors (Lipinski definition) is 1. The minimum absolute atomic E-state index is 0.0688. The maximum absolute atomic E-state index is 13.2. The zero-order chi connectivity index (χ0) is 21.4. The number of nitrogens with zero attached hydrogens (tertiary/aromatic N) is 4. The SMILES string of the molecule is COc1ccc2nccc(N3CCCC3c3nc4ccccc4c(=O)n3CCO)c2c1. The molecule has 158 valence electrons. The normalized spacial score (nSPS) is 16.3. The summed E-state index contributed by atoms with van der Waals surface area (Å²) in [6.07, 6.45) is 3.68. The Balaban J connectivity index is 1.68. The van der Waals surface area contributed by atoms with Gasteiger partial charge in [-0.2, -0.15) is 0 Å². The topological polar surface area (TPSA) is 80.5 Å². The van der Waals surface area contributed by atoms with Gasteiger partial charge in [0, 0.05) is 23.8 Å². The van der Waals surface area contributed by atoms with Gasteiger partial charge >= 0.3 is 0 Å². The van der Waals surface area contributed by atoms with Crippen LogP contribution in [0.1, 0.15) is 24.7 Å². The highest BCUT2D eigenvalue weighted by molar-refractivity contribution is 5.93. The van der Waals surface area contributed by atoms with Crippen LogP contribution >= 0.6 is 0 Å². The van der Waals surface area contributed by atoms with Crippen molar-refractivity contribution in [1.29, 1.82) is 0 Å². The standard InChI is InChI=1S/C24H24N4O3/c1-31-16-8-9-19-18(15-16)21(10-11-25-19)27-12-4-7-22(27)23-26-20-6-3-2-5-17(20)24(30)28(23)13-14-29/h2-3,5-6,8-11,15,22,29H,4,7,12-14H2,1H3. The molecule has 2 aromatic carbocycles. The predicted molar refractivity (Wildman–Crippen MR) is 121 cm³/mol. The molecule has 5 rings (SSSR count). The second-order valence-electron chi connectivity index (χ2n) is 7.73. The Kier molecular flexibility index (Phi) is 5.03. The van der Waals surface area contributed by atoms with Crippen molar-refractivity contribution in [2.45, 2.75) is 25.4 Å². The highest BCUT2D eigenvalue weighted by Gasteiger charge is 2.31. The van der Waals surface area contributed by atoms with Crippen molar-refractivity contribution in [3.05, 3.63) is 70.9 Å². The van der Waals surface area contributed by atoms with Gasteiger partial charge in [0.05, 0.1) is 42.7 Å². The molecule has 1 atom stereocenters. The molecule has 0 spiro atoms. The number of methoxy groups -OCH3 is 1. The van der Waals surface area contributed by atoms with Crippen LogP contribution in [0.2, 0.25) is 0 Å². The van der Waals surface area contributed by atoms with Gasteiger partial charge in [0.2, 0.25) is 0 Å². The maximum atomic E-state index is 13.2. The van der Waals surface area contributed by atoms with E-state index in [1.54, 1.807) is 17.7 Å². The molecule has 1 unspecified atom stereocenters. The van der Waals surface area contributed by atoms with E-state index < -0.39 is 0 Å². The van der Waals surface area contributed by atoms with Gasteiger partial charge in [-0.3, -0.25) is 14.3 Å². The van der Waals surface area contributed by atoms with Crippen LogP contribution in [0, 0.1) is 0 Å². The lowest BCUT2D eigenvalue weighted by Crippen LogP contribution is -2.33. The molecule has 1 saturated heterocycles. The molecule has 0 saturated carbocycles. The monoisotopic (exact) mass is 416 g/mol. The average molecular weight is 416 g/mol. The smallest absolute Gasteiger partial charge is 0.261 e. The fourth-order valence-corrected chi connectivity index (χ4v) is 4.57. The largest absolute Gasteiger partial charge is 0.497 e. The van der Waals surface area contributed by atoms with E-state index >= 15 is 0 Å². The molecular formula is C24H24N4O3. The minimum Gasteiger partial charge on any atom is -0.497 e. The van der Waals surface area contributed by atoms with Crippen molar-refractivity contribution in [3.63, 3.8) is 0 Å². The minimum atomic E-state index is -0.116. The molecule has 1 N–H and O–H groups in total.